The first-order valence-corrected chi connectivity index (χ1v) is 14.8. The predicted octanol–water partition coefficient (Wildman–Crippen LogP) is 5.03. The summed E-state index contributed by atoms with van der Waals surface area (Å²) in [6.45, 7) is 4.08. The van der Waals surface area contributed by atoms with Gasteiger partial charge in [0.2, 0.25) is 10.0 Å². The Morgan fingerprint density at radius 2 is 1.76 bits per heavy atom. The van der Waals surface area contributed by atoms with Gasteiger partial charge in [0, 0.05) is 30.9 Å². The Morgan fingerprint density at radius 3 is 2.41 bits per heavy atom. The third-order valence-corrected chi connectivity index (χ3v) is 8.52. The molecule has 0 N–H and O–H groups in total. The summed E-state index contributed by atoms with van der Waals surface area (Å²) >= 11 is 6.02. The zero-order chi connectivity index (χ0) is 29.6. The Morgan fingerprint density at radius 1 is 1.05 bits per heavy atom. The minimum Gasteiger partial charge on any atom is -0.462 e. The molecule has 3 aromatic rings. The van der Waals surface area contributed by atoms with Gasteiger partial charge in [-0.3, -0.25) is 4.79 Å². The molecule has 0 aliphatic carbocycles. The van der Waals surface area contributed by atoms with Crippen molar-refractivity contribution in [3.63, 3.8) is 0 Å². The molecule has 2 aromatic carbocycles. The highest BCUT2D eigenvalue weighted by Gasteiger charge is 2.37. The second kappa shape index (κ2) is 13.3. The lowest BCUT2D eigenvalue weighted by Gasteiger charge is -2.21. The SMILES string of the molecule is CCOC(=O)C1=C(C)N(CCOC)C(=O)/C1=C/c1ccc(CN(Cc2ccc(Cl)cc2)S(=O)(=O)c2ccccc2)o1. The number of benzene rings is 2. The van der Waals surface area contributed by atoms with E-state index in [-0.39, 0.29) is 60.6 Å². The minimum atomic E-state index is -3.90. The van der Waals surface area contributed by atoms with Crippen LogP contribution in [0.2, 0.25) is 5.02 Å². The number of rotatable bonds is 12. The van der Waals surface area contributed by atoms with Crippen LogP contribution in [0.1, 0.15) is 30.9 Å². The van der Waals surface area contributed by atoms with Crippen LogP contribution in [0.25, 0.3) is 6.08 Å². The first-order valence-electron chi connectivity index (χ1n) is 12.9. The summed E-state index contributed by atoms with van der Waals surface area (Å²) in [7, 11) is -2.37. The van der Waals surface area contributed by atoms with Crippen molar-refractivity contribution in [2.45, 2.75) is 31.8 Å². The Balaban J connectivity index is 1.65. The first-order chi connectivity index (χ1) is 19.6. The number of hydrogen-bond donors (Lipinski definition) is 0. The fourth-order valence-electron chi connectivity index (χ4n) is 4.42. The molecule has 0 bridgehead atoms. The number of sulfonamides is 1. The summed E-state index contributed by atoms with van der Waals surface area (Å²) < 4.78 is 44.8. The molecule has 4 rings (SSSR count). The first kappa shape index (κ1) is 30.3. The van der Waals surface area contributed by atoms with Crippen molar-refractivity contribution in [2.24, 2.45) is 0 Å². The third kappa shape index (κ3) is 6.97. The second-order valence-electron chi connectivity index (χ2n) is 9.21. The van der Waals surface area contributed by atoms with Crippen molar-refractivity contribution < 1.29 is 31.9 Å². The zero-order valence-corrected chi connectivity index (χ0v) is 24.6. The molecular formula is C30H31ClN2O7S. The van der Waals surface area contributed by atoms with Crippen molar-refractivity contribution in [2.75, 3.05) is 26.9 Å². The maximum Gasteiger partial charge on any atom is 0.340 e. The molecule has 1 aliphatic heterocycles. The van der Waals surface area contributed by atoms with Gasteiger partial charge in [0.1, 0.15) is 11.5 Å². The van der Waals surface area contributed by atoms with Gasteiger partial charge < -0.3 is 18.8 Å². The van der Waals surface area contributed by atoms with E-state index in [2.05, 4.69) is 0 Å². The van der Waals surface area contributed by atoms with Crippen LogP contribution >= 0.6 is 11.6 Å². The van der Waals surface area contributed by atoms with Gasteiger partial charge in [-0.15, -0.1) is 0 Å². The van der Waals surface area contributed by atoms with Crippen LogP contribution in [0, 0.1) is 0 Å². The molecule has 11 heteroatoms. The average molecular weight is 599 g/mol. The molecule has 1 aromatic heterocycles. The number of methoxy groups -OCH3 is 1. The summed E-state index contributed by atoms with van der Waals surface area (Å²) in [4.78, 5) is 27.6. The lowest BCUT2D eigenvalue weighted by Crippen LogP contribution is -2.30. The van der Waals surface area contributed by atoms with E-state index in [1.54, 1.807) is 68.4 Å². The molecule has 216 valence electrons. The maximum atomic E-state index is 13.6. The van der Waals surface area contributed by atoms with E-state index in [1.165, 1.54) is 34.5 Å². The van der Waals surface area contributed by atoms with Gasteiger partial charge in [0.15, 0.2) is 0 Å². The van der Waals surface area contributed by atoms with Gasteiger partial charge in [0.25, 0.3) is 5.91 Å². The maximum absolute atomic E-state index is 13.6. The normalized spacial score (nSPS) is 14.9. The Kier molecular flexibility index (Phi) is 9.82. The van der Waals surface area contributed by atoms with Crippen LogP contribution < -0.4 is 0 Å². The molecule has 0 saturated carbocycles. The number of carbonyl (C=O) groups is 2. The molecule has 0 fully saturated rings. The monoisotopic (exact) mass is 598 g/mol. The number of halogens is 1. The van der Waals surface area contributed by atoms with Gasteiger partial charge in [-0.1, -0.05) is 41.9 Å². The molecule has 1 aliphatic rings. The molecule has 2 heterocycles. The number of carbonyl (C=O) groups excluding carboxylic acids is 2. The molecule has 9 nitrogen and oxygen atoms in total. The largest absolute Gasteiger partial charge is 0.462 e. The summed E-state index contributed by atoms with van der Waals surface area (Å²) in [5, 5.41) is 0.545. The number of allylic oxidation sites excluding steroid dienone is 1. The van der Waals surface area contributed by atoms with E-state index in [9.17, 15) is 18.0 Å². The van der Waals surface area contributed by atoms with Crippen molar-refractivity contribution in [3.05, 3.63) is 106 Å². The molecule has 0 atom stereocenters. The quantitative estimate of drug-likeness (QED) is 0.212. The predicted molar refractivity (Wildman–Crippen MR) is 154 cm³/mol. The second-order valence-corrected chi connectivity index (χ2v) is 11.6. The topological polar surface area (TPSA) is 106 Å². The fraction of sp³-hybridized carbons (Fsp3) is 0.267. The van der Waals surface area contributed by atoms with Crippen LogP contribution in [-0.2, 0) is 42.2 Å². The fourth-order valence-corrected chi connectivity index (χ4v) is 5.96. The Labute approximate surface area is 244 Å². The molecule has 0 radical (unpaired) electrons. The molecule has 41 heavy (non-hydrogen) atoms. The summed E-state index contributed by atoms with van der Waals surface area (Å²) in [5.74, 6) is -0.351. The van der Waals surface area contributed by atoms with Crippen LogP contribution in [-0.4, -0.2) is 56.4 Å². The Hall–Kier alpha value is -3.70. The molecular weight excluding hydrogens is 568 g/mol. The smallest absolute Gasteiger partial charge is 0.340 e. The highest BCUT2D eigenvalue weighted by molar-refractivity contribution is 7.89. The van der Waals surface area contributed by atoms with Crippen molar-refractivity contribution in [1.29, 1.82) is 0 Å². The van der Waals surface area contributed by atoms with Crippen LogP contribution in [0.15, 0.2) is 92.9 Å². The molecule has 0 spiro atoms. The van der Waals surface area contributed by atoms with Crippen LogP contribution in [0.3, 0.4) is 0 Å². The molecule has 0 saturated heterocycles. The highest BCUT2D eigenvalue weighted by Crippen LogP contribution is 2.32. The summed E-state index contributed by atoms with van der Waals surface area (Å²) in [5.41, 5.74) is 1.50. The van der Waals surface area contributed by atoms with Gasteiger partial charge >= 0.3 is 5.97 Å². The van der Waals surface area contributed by atoms with Gasteiger partial charge in [-0.05, 0) is 61.9 Å². The number of esters is 1. The van der Waals surface area contributed by atoms with E-state index in [1.807, 2.05) is 0 Å². The van der Waals surface area contributed by atoms with Crippen molar-refractivity contribution in [3.8, 4) is 0 Å². The number of furan rings is 1. The zero-order valence-electron chi connectivity index (χ0n) is 23.0. The van der Waals surface area contributed by atoms with Crippen molar-refractivity contribution >= 4 is 39.6 Å². The van der Waals surface area contributed by atoms with Crippen LogP contribution in [0.5, 0.6) is 0 Å². The van der Waals surface area contributed by atoms with E-state index in [0.717, 1.165) is 5.56 Å². The van der Waals surface area contributed by atoms with E-state index >= 15 is 0 Å². The van der Waals surface area contributed by atoms with E-state index in [0.29, 0.717) is 16.5 Å². The summed E-state index contributed by atoms with van der Waals surface area (Å²) in [6, 6.07) is 18.3. The third-order valence-electron chi connectivity index (χ3n) is 6.46. The van der Waals surface area contributed by atoms with Gasteiger partial charge in [0.05, 0.1) is 35.8 Å². The number of nitrogens with zero attached hydrogens (tertiary/aromatic N) is 2. The standard InChI is InChI=1S/C30H31ClN2O7S/c1-4-39-30(35)28-21(2)33(16-17-38-3)29(34)27(28)18-24-14-15-25(40-24)20-32(19-22-10-12-23(31)13-11-22)41(36,37)26-8-6-5-7-9-26/h5-15,18H,4,16-17,19-20H2,1-3H3/b27-18+. The minimum absolute atomic E-state index is 0.0729. The highest BCUT2D eigenvalue weighted by atomic mass is 35.5. The van der Waals surface area contributed by atoms with Crippen molar-refractivity contribution in [1.82, 2.24) is 9.21 Å². The number of amides is 1. The van der Waals surface area contributed by atoms with Crippen LogP contribution in [0.4, 0.5) is 0 Å². The number of ether oxygens (including phenoxy) is 2. The molecule has 1 amide bonds. The summed E-state index contributed by atoms with van der Waals surface area (Å²) in [6.07, 6.45) is 1.48. The van der Waals surface area contributed by atoms with E-state index in [4.69, 9.17) is 25.5 Å². The van der Waals surface area contributed by atoms with Gasteiger partial charge in [-0.25, -0.2) is 13.2 Å². The number of hydrogen-bond acceptors (Lipinski definition) is 7. The van der Waals surface area contributed by atoms with Gasteiger partial charge in [-0.2, -0.15) is 4.31 Å². The lowest BCUT2D eigenvalue weighted by molar-refractivity contribution is -0.138. The van der Waals surface area contributed by atoms with E-state index < -0.39 is 16.0 Å². The molecule has 0 unspecified atom stereocenters. The Bertz CT molecular complexity index is 1560. The lowest BCUT2D eigenvalue weighted by atomic mass is 10.1. The average Bonchev–Trinajstić information content (AvgIpc) is 3.50.